The fourth-order valence-electron chi connectivity index (χ4n) is 2.90. The van der Waals surface area contributed by atoms with Crippen LogP contribution in [0.5, 0.6) is 0 Å². The van der Waals surface area contributed by atoms with Gasteiger partial charge in [0.25, 0.3) is 15.7 Å². The number of sulfonamides is 1. The van der Waals surface area contributed by atoms with E-state index >= 15 is 0 Å². The number of anilines is 1. The molecule has 0 spiro atoms. The summed E-state index contributed by atoms with van der Waals surface area (Å²) in [5.74, 6) is -0.518. The number of hydrogen-bond donors (Lipinski definition) is 0. The molecule has 0 aliphatic rings. The van der Waals surface area contributed by atoms with Gasteiger partial charge >= 0.3 is 0 Å². The average molecular weight is 414 g/mol. The third-order valence-electron chi connectivity index (χ3n) is 4.49. The Morgan fingerprint density at radius 2 is 1.69 bits per heavy atom. The van der Waals surface area contributed by atoms with E-state index in [0.717, 1.165) is 27.6 Å². The Morgan fingerprint density at radius 3 is 2.28 bits per heavy atom. The van der Waals surface area contributed by atoms with Crippen LogP contribution in [0.25, 0.3) is 0 Å². The summed E-state index contributed by atoms with van der Waals surface area (Å²) >= 11 is 0. The highest BCUT2D eigenvalue weighted by Crippen LogP contribution is 2.28. The molecule has 29 heavy (non-hydrogen) atoms. The predicted octanol–water partition coefficient (Wildman–Crippen LogP) is 4.75. The minimum Gasteiger partial charge on any atom is -0.262 e. The van der Waals surface area contributed by atoms with Gasteiger partial charge in [0.1, 0.15) is 5.82 Å². The van der Waals surface area contributed by atoms with Crippen molar-refractivity contribution in [2.75, 3.05) is 4.31 Å². The molecule has 0 fully saturated rings. The highest BCUT2D eigenvalue weighted by Gasteiger charge is 2.26. The first-order valence-electron chi connectivity index (χ1n) is 8.77. The van der Waals surface area contributed by atoms with Crippen LogP contribution < -0.4 is 4.31 Å². The predicted molar refractivity (Wildman–Crippen MR) is 109 cm³/mol. The SMILES string of the molecule is Cc1cccc(CN(c2ccc(C)c(F)c2)S(=O)(=O)c2ccc([N+](=O)[O-])cc2)c1. The van der Waals surface area contributed by atoms with Gasteiger partial charge in [0.15, 0.2) is 0 Å². The number of hydrogen-bond acceptors (Lipinski definition) is 4. The Bertz CT molecular complexity index is 1160. The number of nitro groups is 1. The lowest BCUT2D eigenvalue weighted by atomic mass is 10.1. The molecule has 3 rings (SSSR count). The number of benzene rings is 3. The number of rotatable bonds is 6. The Labute approximate surface area is 168 Å². The third-order valence-corrected chi connectivity index (χ3v) is 6.28. The highest BCUT2D eigenvalue weighted by molar-refractivity contribution is 7.92. The van der Waals surface area contributed by atoms with E-state index in [0.29, 0.717) is 5.56 Å². The van der Waals surface area contributed by atoms with Crippen molar-refractivity contribution in [1.82, 2.24) is 0 Å². The second kappa shape index (κ2) is 8.00. The van der Waals surface area contributed by atoms with Gasteiger partial charge in [-0.25, -0.2) is 12.8 Å². The van der Waals surface area contributed by atoms with Crippen LogP contribution in [-0.2, 0) is 16.6 Å². The summed E-state index contributed by atoms with van der Waals surface area (Å²) in [6.07, 6.45) is 0. The Balaban J connectivity index is 2.09. The first kappa shape index (κ1) is 20.5. The first-order chi connectivity index (χ1) is 13.7. The number of non-ortho nitro benzene ring substituents is 1. The Hall–Kier alpha value is -3.26. The molecular formula is C21H19FN2O4S. The van der Waals surface area contributed by atoms with Crippen LogP contribution in [0.3, 0.4) is 0 Å². The van der Waals surface area contributed by atoms with E-state index in [1.807, 2.05) is 25.1 Å². The molecule has 3 aromatic rings. The molecule has 0 aromatic heterocycles. The molecule has 0 atom stereocenters. The van der Waals surface area contributed by atoms with Gasteiger partial charge in [0.2, 0.25) is 0 Å². The number of aryl methyl sites for hydroxylation is 2. The third kappa shape index (κ3) is 4.43. The van der Waals surface area contributed by atoms with Crippen LogP contribution in [-0.4, -0.2) is 13.3 Å². The van der Waals surface area contributed by atoms with Crippen molar-refractivity contribution < 1.29 is 17.7 Å². The summed E-state index contributed by atoms with van der Waals surface area (Å²) in [6, 6.07) is 16.2. The second-order valence-electron chi connectivity index (χ2n) is 6.69. The fraction of sp³-hybridized carbons (Fsp3) is 0.143. The van der Waals surface area contributed by atoms with Crippen molar-refractivity contribution in [2.45, 2.75) is 25.3 Å². The molecule has 0 radical (unpaired) electrons. The highest BCUT2D eigenvalue weighted by atomic mass is 32.2. The van der Waals surface area contributed by atoms with Crippen molar-refractivity contribution in [2.24, 2.45) is 0 Å². The molecule has 0 bridgehead atoms. The average Bonchev–Trinajstić information content (AvgIpc) is 2.68. The van der Waals surface area contributed by atoms with E-state index < -0.39 is 20.8 Å². The summed E-state index contributed by atoms with van der Waals surface area (Å²) in [6.45, 7) is 3.47. The normalized spacial score (nSPS) is 11.3. The smallest absolute Gasteiger partial charge is 0.262 e. The van der Waals surface area contributed by atoms with Gasteiger partial charge in [-0.05, 0) is 49.2 Å². The van der Waals surface area contributed by atoms with Gasteiger partial charge in [0.05, 0.1) is 22.1 Å². The standard InChI is InChI=1S/C21H19FN2O4S/c1-15-4-3-5-17(12-15)14-23(19-7-6-16(2)21(22)13-19)29(27,28)20-10-8-18(9-11-20)24(25)26/h3-13H,14H2,1-2H3. The zero-order chi connectivity index (χ0) is 21.2. The van der Waals surface area contributed by atoms with Crippen molar-refractivity contribution >= 4 is 21.4 Å². The molecule has 0 unspecified atom stereocenters. The largest absolute Gasteiger partial charge is 0.269 e. The maximum Gasteiger partial charge on any atom is 0.269 e. The van der Waals surface area contributed by atoms with Crippen LogP contribution in [0.1, 0.15) is 16.7 Å². The summed E-state index contributed by atoms with van der Waals surface area (Å²) < 4.78 is 41.9. The molecular weight excluding hydrogens is 395 g/mol. The van der Waals surface area contributed by atoms with E-state index in [9.17, 15) is 22.9 Å². The Kier molecular flexibility index (Phi) is 5.65. The molecule has 3 aromatic carbocycles. The molecule has 0 saturated carbocycles. The summed E-state index contributed by atoms with van der Waals surface area (Å²) in [7, 11) is -4.09. The zero-order valence-electron chi connectivity index (χ0n) is 15.9. The van der Waals surface area contributed by atoms with Crippen molar-refractivity contribution in [1.29, 1.82) is 0 Å². The van der Waals surface area contributed by atoms with Crippen LogP contribution in [0.4, 0.5) is 15.8 Å². The summed E-state index contributed by atoms with van der Waals surface area (Å²) in [5.41, 5.74) is 2.06. The molecule has 8 heteroatoms. The van der Waals surface area contributed by atoms with E-state index in [1.54, 1.807) is 13.0 Å². The number of nitrogens with zero attached hydrogens (tertiary/aromatic N) is 2. The van der Waals surface area contributed by atoms with Gasteiger partial charge in [-0.1, -0.05) is 35.9 Å². The van der Waals surface area contributed by atoms with Gasteiger partial charge < -0.3 is 0 Å². The number of nitro benzene ring substituents is 1. The topological polar surface area (TPSA) is 80.5 Å². The maximum absolute atomic E-state index is 14.2. The van der Waals surface area contributed by atoms with Crippen molar-refractivity contribution in [3.05, 3.63) is 99.4 Å². The van der Waals surface area contributed by atoms with Crippen molar-refractivity contribution in [3.8, 4) is 0 Å². The lowest BCUT2D eigenvalue weighted by molar-refractivity contribution is -0.384. The van der Waals surface area contributed by atoms with Crippen LogP contribution >= 0.6 is 0 Å². The van der Waals surface area contributed by atoms with Crippen LogP contribution in [0, 0.1) is 29.8 Å². The maximum atomic E-state index is 14.2. The van der Waals surface area contributed by atoms with E-state index in [-0.39, 0.29) is 22.8 Å². The molecule has 0 saturated heterocycles. The van der Waals surface area contributed by atoms with Gasteiger partial charge in [-0.2, -0.15) is 0 Å². The summed E-state index contributed by atoms with van der Waals surface area (Å²) in [5, 5.41) is 10.9. The van der Waals surface area contributed by atoms with Crippen LogP contribution in [0.2, 0.25) is 0 Å². The summed E-state index contributed by atoms with van der Waals surface area (Å²) in [4.78, 5) is 10.1. The fourth-order valence-corrected chi connectivity index (χ4v) is 4.34. The number of halogens is 1. The molecule has 0 heterocycles. The van der Waals surface area contributed by atoms with Crippen molar-refractivity contribution in [3.63, 3.8) is 0 Å². The van der Waals surface area contributed by atoms with E-state index in [4.69, 9.17) is 0 Å². The minimum atomic E-state index is -4.09. The molecule has 150 valence electrons. The zero-order valence-corrected chi connectivity index (χ0v) is 16.7. The lowest BCUT2D eigenvalue weighted by Gasteiger charge is -2.25. The second-order valence-corrected chi connectivity index (χ2v) is 8.55. The first-order valence-corrected chi connectivity index (χ1v) is 10.2. The molecule has 0 amide bonds. The minimum absolute atomic E-state index is 0.0104. The molecule has 6 nitrogen and oxygen atoms in total. The quantitative estimate of drug-likeness (QED) is 0.431. The molecule has 0 N–H and O–H groups in total. The molecule has 0 aliphatic heterocycles. The lowest BCUT2D eigenvalue weighted by Crippen LogP contribution is -2.30. The van der Waals surface area contributed by atoms with Crippen LogP contribution in [0.15, 0.2) is 71.6 Å². The van der Waals surface area contributed by atoms with Gasteiger partial charge in [0, 0.05) is 12.1 Å². The van der Waals surface area contributed by atoms with E-state index in [2.05, 4.69) is 0 Å². The molecule has 0 aliphatic carbocycles. The van der Waals surface area contributed by atoms with Gasteiger partial charge in [-0.15, -0.1) is 0 Å². The Morgan fingerprint density at radius 1 is 1.00 bits per heavy atom. The van der Waals surface area contributed by atoms with E-state index in [1.165, 1.54) is 30.3 Å². The van der Waals surface area contributed by atoms with Gasteiger partial charge in [-0.3, -0.25) is 14.4 Å². The monoisotopic (exact) mass is 414 g/mol.